The largest absolute Gasteiger partial charge is 1.00 e. The van der Waals surface area contributed by atoms with Crippen LogP contribution in [-0.4, -0.2) is 56.8 Å². The minimum atomic E-state index is -0.117. The van der Waals surface area contributed by atoms with E-state index >= 15 is 0 Å². The molecule has 134 valence electrons. The Morgan fingerprint density at radius 1 is 1.08 bits per heavy atom. The SMILES string of the molecule is COC(=O)CCCc1ccc(N2CC[N+]3(CCCC3)CC2)cc1.[Cl-]. The average molecular weight is 353 g/mol. The molecule has 2 heterocycles. The third kappa shape index (κ3) is 4.64. The van der Waals surface area contributed by atoms with E-state index in [2.05, 4.69) is 33.9 Å². The van der Waals surface area contributed by atoms with Gasteiger partial charge in [-0.25, -0.2) is 0 Å². The van der Waals surface area contributed by atoms with Gasteiger partial charge in [-0.15, -0.1) is 0 Å². The summed E-state index contributed by atoms with van der Waals surface area (Å²) in [5, 5.41) is 0. The Bertz CT molecular complexity index is 517. The van der Waals surface area contributed by atoms with Crippen LogP contribution < -0.4 is 17.3 Å². The zero-order valence-corrected chi connectivity index (χ0v) is 15.4. The molecule has 1 aromatic carbocycles. The number of aryl methyl sites for hydroxylation is 1. The van der Waals surface area contributed by atoms with Crippen LogP contribution in [0.5, 0.6) is 0 Å². The van der Waals surface area contributed by atoms with Gasteiger partial charge in [0, 0.05) is 24.9 Å². The van der Waals surface area contributed by atoms with Crippen molar-refractivity contribution in [2.75, 3.05) is 51.3 Å². The lowest BCUT2D eigenvalue weighted by Gasteiger charge is -2.42. The van der Waals surface area contributed by atoms with E-state index < -0.39 is 0 Å². The van der Waals surface area contributed by atoms with Crippen LogP contribution in [0.2, 0.25) is 0 Å². The summed E-state index contributed by atoms with van der Waals surface area (Å²) in [5.74, 6) is -0.117. The summed E-state index contributed by atoms with van der Waals surface area (Å²) in [7, 11) is 1.45. The quantitative estimate of drug-likeness (QED) is 0.534. The van der Waals surface area contributed by atoms with Crippen molar-refractivity contribution in [2.24, 2.45) is 0 Å². The first-order chi connectivity index (χ1) is 11.2. The highest BCUT2D eigenvalue weighted by atomic mass is 35.5. The monoisotopic (exact) mass is 352 g/mol. The number of anilines is 1. The molecule has 2 aliphatic heterocycles. The number of piperazine rings is 1. The molecule has 0 aliphatic carbocycles. The van der Waals surface area contributed by atoms with Crippen molar-refractivity contribution >= 4 is 11.7 Å². The van der Waals surface area contributed by atoms with Crippen LogP contribution in [0, 0.1) is 0 Å². The molecule has 3 rings (SSSR count). The molecule has 5 heteroatoms. The molecule has 0 amide bonds. The van der Waals surface area contributed by atoms with E-state index in [1.54, 1.807) is 0 Å². The fourth-order valence-corrected chi connectivity index (χ4v) is 4.01. The molecular weight excluding hydrogens is 324 g/mol. The topological polar surface area (TPSA) is 29.5 Å². The number of carbonyl (C=O) groups is 1. The summed E-state index contributed by atoms with van der Waals surface area (Å²) < 4.78 is 6.04. The van der Waals surface area contributed by atoms with Gasteiger partial charge in [0.25, 0.3) is 0 Å². The number of esters is 1. The number of halogens is 1. The molecule has 0 unspecified atom stereocenters. The predicted octanol–water partition coefficient (Wildman–Crippen LogP) is -0.383. The maximum absolute atomic E-state index is 11.1. The Morgan fingerprint density at radius 2 is 1.71 bits per heavy atom. The second kappa shape index (κ2) is 8.72. The van der Waals surface area contributed by atoms with Gasteiger partial charge in [-0.3, -0.25) is 4.79 Å². The number of carbonyl (C=O) groups excluding carboxylic acids is 1. The van der Waals surface area contributed by atoms with Gasteiger partial charge in [-0.05, 0) is 30.5 Å². The summed E-state index contributed by atoms with van der Waals surface area (Å²) in [6.45, 7) is 7.77. The van der Waals surface area contributed by atoms with Gasteiger partial charge in [0.2, 0.25) is 0 Å². The number of nitrogens with zero attached hydrogens (tertiary/aromatic N) is 2. The van der Waals surface area contributed by atoms with Crippen LogP contribution in [-0.2, 0) is 16.0 Å². The Labute approximate surface area is 151 Å². The zero-order chi connectivity index (χ0) is 16.1. The molecule has 0 aromatic heterocycles. The summed E-state index contributed by atoms with van der Waals surface area (Å²) in [6, 6.07) is 8.91. The van der Waals surface area contributed by atoms with Crippen LogP contribution in [0.3, 0.4) is 0 Å². The molecule has 0 radical (unpaired) electrons. The lowest BCUT2D eigenvalue weighted by atomic mass is 10.1. The maximum Gasteiger partial charge on any atom is 0.305 e. The van der Waals surface area contributed by atoms with E-state index in [-0.39, 0.29) is 18.4 Å². The summed E-state index contributed by atoms with van der Waals surface area (Å²) in [5.41, 5.74) is 2.65. The fourth-order valence-electron chi connectivity index (χ4n) is 4.01. The van der Waals surface area contributed by atoms with Crippen LogP contribution in [0.25, 0.3) is 0 Å². The van der Waals surface area contributed by atoms with Gasteiger partial charge in [0.05, 0.1) is 46.4 Å². The third-order valence-electron chi connectivity index (χ3n) is 5.58. The van der Waals surface area contributed by atoms with Gasteiger partial charge in [0.1, 0.15) is 0 Å². The Morgan fingerprint density at radius 3 is 2.29 bits per heavy atom. The molecule has 0 atom stereocenters. The Balaban J connectivity index is 0.00000208. The Kier molecular flexibility index (Phi) is 6.93. The van der Waals surface area contributed by atoms with E-state index in [0.29, 0.717) is 6.42 Å². The minimum absolute atomic E-state index is 0. The van der Waals surface area contributed by atoms with Crippen molar-refractivity contribution in [3.63, 3.8) is 0 Å². The van der Waals surface area contributed by atoms with Crippen LogP contribution >= 0.6 is 0 Å². The number of hydrogen-bond donors (Lipinski definition) is 0. The highest BCUT2D eigenvalue weighted by molar-refractivity contribution is 5.69. The smallest absolute Gasteiger partial charge is 0.305 e. The first-order valence-corrected chi connectivity index (χ1v) is 8.97. The molecule has 0 saturated carbocycles. The fraction of sp³-hybridized carbons (Fsp3) is 0.632. The lowest BCUT2D eigenvalue weighted by molar-refractivity contribution is -0.917. The van der Waals surface area contributed by atoms with Gasteiger partial charge < -0.3 is 26.5 Å². The van der Waals surface area contributed by atoms with E-state index in [4.69, 9.17) is 0 Å². The lowest BCUT2D eigenvalue weighted by Crippen LogP contribution is -3.00. The Hall–Kier alpha value is -1.26. The van der Waals surface area contributed by atoms with Gasteiger partial charge in [-0.2, -0.15) is 0 Å². The first kappa shape index (κ1) is 19.1. The molecule has 2 aliphatic rings. The van der Waals surface area contributed by atoms with Crippen LogP contribution in [0.4, 0.5) is 5.69 Å². The average Bonchev–Trinajstić information content (AvgIpc) is 3.04. The highest BCUT2D eigenvalue weighted by Gasteiger charge is 2.35. The number of quaternary nitrogens is 1. The van der Waals surface area contributed by atoms with E-state index in [0.717, 1.165) is 12.8 Å². The molecule has 1 spiro atoms. The number of hydrogen-bond acceptors (Lipinski definition) is 3. The summed E-state index contributed by atoms with van der Waals surface area (Å²) in [4.78, 5) is 13.7. The maximum atomic E-state index is 11.1. The third-order valence-corrected chi connectivity index (χ3v) is 5.58. The zero-order valence-electron chi connectivity index (χ0n) is 14.7. The first-order valence-electron chi connectivity index (χ1n) is 8.97. The van der Waals surface area contributed by atoms with Crippen molar-refractivity contribution in [1.82, 2.24) is 0 Å². The predicted molar refractivity (Wildman–Crippen MR) is 92.6 cm³/mol. The molecule has 24 heavy (non-hydrogen) atoms. The molecule has 4 nitrogen and oxygen atoms in total. The van der Waals surface area contributed by atoms with E-state index in [1.165, 1.54) is 75.0 Å². The van der Waals surface area contributed by atoms with Crippen molar-refractivity contribution in [3.05, 3.63) is 29.8 Å². The van der Waals surface area contributed by atoms with Crippen molar-refractivity contribution < 1.29 is 26.4 Å². The van der Waals surface area contributed by atoms with Crippen LogP contribution in [0.15, 0.2) is 24.3 Å². The normalized spacial score (nSPS) is 19.1. The standard InChI is InChI=1S/C19H29N2O2.ClH/c1-23-19(22)6-4-5-17-7-9-18(10-8-17)20-11-15-21(16-12-20)13-2-3-14-21;/h7-10H,2-6,11-16H2,1H3;1H/q+1;/p-1. The second-order valence-electron chi connectivity index (χ2n) is 7.03. The van der Waals surface area contributed by atoms with Crippen molar-refractivity contribution in [1.29, 1.82) is 0 Å². The molecular formula is C19H29ClN2O2. The highest BCUT2D eigenvalue weighted by Crippen LogP contribution is 2.25. The molecule has 0 bridgehead atoms. The molecule has 2 fully saturated rings. The molecule has 2 saturated heterocycles. The minimum Gasteiger partial charge on any atom is -1.00 e. The second-order valence-corrected chi connectivity index (χ2v) is 7.03. The number of benzene rings is 1. The number of ether oxygens (including phenoxy) is 1. The van der Waals surface area contributed by atoms with E-state index in [9.17, 15) is 4.79 Å². The van der Waals surface area contributed by atoms with Gasteiger partial charge in [-0.1, -0.05) is 12.1 Å². The van der Waals surface area contributed by atoms with Crippen molar-refractivity contribution in [2.45, 2.75) is 32.1 Å². The number of methoxy groups -OCH3 is 1. The van der Waals surface area contributed by atoms with Crippen molar-refractivity contribution in [3.8, 4) is 0 Å². The van der Waals surface area contributed by atoms with Gasteiger partial charge in [0.15, 0.2) is 0 Å². The molecule has 0 N–H and O–H groups in total. The molecule has 1 aromatic rings. The number of rotatable bonds is 5. The summed E-state index contributed by atoms with van der Waals surface area (Å²) >= 11 is 0. The summed E-state index contributed by atoms with van der Waals surface area (Å²) in [6.07, 6.45) is 5.13. The van der Waals surface area contributed by atoms with Crippen LogP contribution in [0.1, 0.15) is 31.2 Å². The van der Waals surface area contributed by atoms with Gasteiger partial charge >= 0.3 is 5.97 Å². The van der Waals surface area contributed by atoms with E-state index in [1.807, 2.05) is 0 Å².